The fraction of sp³-hybridized carbons (Fsp3) is 0.364. The zero-order valence-corrected chi connectivity index (χ0v) is 19.1. The van der Waals surface area contributed by atoms with Crippen LogP contribution in [0.2, 0.25) is 0 Å². The summed E-state index contributed by atoms with van der Waals surface area (Å²) in [6, 6.07) is 5.75. The van der Waals surface area contributed by atoms with Gasteiger partial charge < -0.3 is 14.2 Å². The highest BCUT2D eigenvalue weighted by Gasteiger charge is 2.40. The van der Waals surface area contributed by atoms with Crippen molar-refractivity contribution in [1.82, 2.24) is 20.0 Å². The highest BCUT2D eigenvalue weighted by molar-refractivity contribution is 7.13. The Labute approximate surface area is 197 Å². The molecule has 0 bridgehead atoms. The second kappa shape index (κ2) is 8.99. The smallest absolute Gasteiger partial charge is 0.296 e. The summed E-state index contributed by atoms with van der Waals surface area (Å²) < 4.78 is 5.93. The van der Waals surface area contributed by atoms with E-state index in [-0.39, 0.29) is 11.8 Å². The first-order chi connectivity index (χ1) is 16.0. The second-order valence-corrected chi connectivity index (χ2v) is 9.80. The Morgan fingerprint density at radius 2 is 1.24 bits per heavy atom. The fourth-order valence-electron chi connectivity index (χ4n) is 4.34. The van der Waals surface area contributed by atoms with Crippen LogP contribution in [0.1, 0.15) is 68.9 Å². The van der Waals surface area contributed by atoms with Gasteiger partial charge in [0.15, 0.2) is 0 Å². The zero-order valence-electron chi connectivity index (χ0n) is 17.5. The summed E-state index contributed by atoms with van der Waals surface area (Å²) in [6.07, 6.45) is 2.65. The van der Waals surface area contributed by atoms with E-state index in [1.807, 2.05) is 0 Å². The highest BCUT2D eigenvalue weighted by Crippen LogP contribution is 2.36. The molecule has 0 saturated carbocycles. The summed E-state index contributed by atoms with van der Waals surface area (Å²) >= 11 is 2.46. The Balaban J connectivity index is 1.33. The maximum absolute atomic E-state index is 12.8. The largest absolute Gasteiger partial charge is 0.421 e. The molecule has 2 amide bonds. The van der Waals surface area contributed by atoms with E-state index in [0.29, 0.717) is 35.7 Å². The lowest BCUT2D eigenvalue weighted by Gasteiger charge is -2.22. The number of aromatic nitrogens is 2. The molecule has 0 N–H and O–H groups in total. The number of nitrogens with zero attached hydrogens (tertiary/aromatic N) is 4. The molecule has 0 aliphatic carbocycles. The molecule has 2 fully saturated rings. The van der Waals surface area contributed by atoms with Gasteiger partial charge in [-0.05, 0) is 48.6 Å². The molecule has 0 spiro atoms. The van der Waals surface area contributed by atoms with E-state index >= 15 is 0 Å². The van der Waals surface area contributed by atoms with E-state index in [1.54, 1.807) is 35.0 Å². The summed E-state index contributed by atoms with van der Waals surface area (Å²) in [5.74, 6) is -1.76. The van der Waals surface area contributed by atoms with Gasteiger partial charge >= 0.3 is 0 Å². The van der Waals surface area contributed by atoms with Crippen LogP contribution in [0.4, 0.5) is 0 Å². The predicted molar refractivity (Wildman–Crippen MR) is 119 cm³/mol. The second-order valence-electron chi connectivity index (χ2n) is 7.90. The minimum absolute atomic E-state index is 0.249. The molecular formula is C22H20N4O5S2. The first-order valence-corrected chi connectivity index (χ1v) is 12.4. The van der Waals surface area contributed by atoms with E-state index in [0.717, 1.165) is 12.8 Å². The third-order valence-electron chi connectivity index (χ3n) is 5.93. The topological polar surface area (TPSA) is 114 Å². The molecule has 170 valence electrons. The number of carbonyl (C=O) groups excluding carboxylic acids is 4. The number of amides is 2. The Morgan fingerprint density at radius 3 is 1.64 bits per heavy atom. The molecule has 2 saturated heterocycles. The van der Waals surface area contributed by atoms with Crippen LogP contribution in [-0.2, 0) is 9.59 Å². The Morgan fingerprint density at radius 1 is 0.788 bits per heavy atom. The van der Waals surface area contributed by atoms with Gasteiger partial charge in [0.25, 0.3) is 23.4 Å². The summed E-state index contributed by atoms with van der Waals surface area (Å²) in [7, 11) is 0. The lowest BCUT2D eigenvalue weighted by Crippen LogP contribution is -2.36. The highest BCUT2D eigenvalue weighted by atomic mass is 32.1. The molecule has 3 aromatic heterocycles. The number of hydrogen-bond donors (Lipinski definition) is 0. The van der Waals surface area contributed by atoms with E-state index in [4.69, 9.17) is 4.42 Å². The van der Waals surface area contributed by atoms with Crippen molar-refractivity contribution >= 4 is 46.1 Å². The lowest BCUT2D eigenvalue weighted by atomic mass is 10.2. The molecule has 9 nitrogen and oxygen atoms in total. The van der Waals surface area contributed by atoms with Gasteiger partial charge in [0.1, 0.15) is 12.1 Å². The molecule has 2 aliphatic heterocycles. The van der Waals surface area contributed by atoms with Crippen molar-refractivity contribution in [2.24, 2.45) is 0 Å². The number of carbonyl (C=O) groups is 4. The molecular weight excluding hydrogens is 464 g/mol. The zero-order chi connectivity index (χ0) is 22.9. The van der Waals surface area contributed by atoms with Gasteiger partial charge in [0, 0.05) is 13.1 Å². The lowest BCUT2D eigenvalue weighted by molar-refractivity contribution is -0.128. The third kappa shape index (κ3) is 4.02. The maximum atomic E-state index is 12.8. The summed E-state index contributed by atoms with van der Waals surface area (Å²) in [4.78, 5) is 54.5. The van der Waals surface area contributed by atoms with Crippen molar-refractivity contribution in [3.05, 3.63) is 56.6 Å². The third-order valence-corrected chi connectivity index (χ3v) is 7.67. The molecule has 3 aromatic rings. The monoisotopic (exact) mass is 484 g/mol. The van der Waals surface area contributed by atoms with Crippen molar-refractivity contribution < 1.29 is 23.6 Å². The first-order valence-electron chi connectivity index (χ1n) is 10.7. The van der Waals surface area contributed by atoms with Gasteiger partial charge in [-0.25, -0.2) is 0 Å². The first kappa shape index (κ1) is 21.7. The molecule has 11 heteroatoms. The minimum atomic E-state index is -0.584. The standard InChI is InChI=1S/C22H20N4O5S2/c27-17(15-7-3-11-32-15)21(29)25-9-1-5-13(25)19-23-24-20(31-19)14-6-2-10-26(14)22(30)18(28)16-8-4-12-33-16/h3-4,7-8,11-14H,1-2,5-6,9-10H2/t13-,14-/m0/s1. The van der Waals surface area contributed by atoms with E-state index in [9.17, 15) is 19.2 Å². The molecule has 2 atom stereocenters. The van der Waals surface area contributed by atoms with Crippen LogP contribution < -0.4 is 0 Å². The number of thiophene rings is 2. The van der Waals surface area contributed by atoms with Gasteiger partial charge in [0.2, 0.25) is 11.8 Å². The van der Waals surface area contributed by atoms with Crippen molar-refractivity contribution in [2.75, 3.05) is 13.1 Å². The van der Waals surface area contributed by atoms with Crippen LogP contribution in [0.3, 0.4) is 0 Å². The Kier molecular flexibility index (Phi) is 5.90. The number of Topliss-reactive ketones (excluding diaryl/α,β-unsaturated/α-hetero) is 2. The fourth-order valence-corrected chi connectivity index (χ4v) is 5.65. The van der Waals surface area contributed by atoms with Gasteiger partial charge in [-0.3, -0.25) is 19.2 Å². The van der Waals surface area contributed by atoms with Crippen molar-refractivity contribution in [1.29, 1.82) is 0 Å². The van der Waals surface area contributed by atoms with Crippen LogP contribution in [0.15, 0.2) is 39.4 Å². The van der Waals surface area contributed by atoms with Crippen LogP contribution in [0.5, 0.6) is 0 Å². The average Bonchev–Trinajstić information content (AvgIpc) is 3.64. The normalized spacial score (nSPS) is 20.4. The van der Waals surface area contributed by atoms with Crippen LogP contribution >= 0.6 is 22.7 Å². The van der Waals surface area contributed by atoms with Crippen molar-refractivity contribution in [3.63, 3.8) is 0 Å². The molecule has 5 heterocycles. The number of rotatable bonds is 6. The van der Waals surface area contributed by atoms with Crippen LogP contribution in [-0.4, -0.2) is 56.5 Å². The predicted octanol–water partition coefficient (Wildman–Crippen LogP) is 3.29. The maximum Gasteiger partial charge on any atom is 0.296 e. The molecule has 33 heavy (non-hydrogen) atoms. The molecule has 0 aromatic carbocycles. The van der Waals surface area contributed by atoms with Crippen molar-refractivity contribution in [2.45, 2.75) is 37.8 Å². The number of hydrogen-bond acceptors (Lipinski definition) is 9. The number of ketones is 2. The molecule has 5 rings (SSSR count). The van der Waals surface area contributed by atoms with Crippen molar-refractivity contribution in [3.8, 4) is 0 Å². The summed E-state index contributed by atoms with van der Waals surface area (Å²) in [6.45, 7) is 0.864. The summed E-state index contributed by atoms with van der Waals surface area (Å²) in [5, 5.41) is 11.8. The number of likely N-dealkylation sites (tertiary alicyclic amines) is 2. The summed E-state index contributed by atoms with van der Waals surface area (Å²) in [5.41, 5.74) is 0. The van der Waals surface area contributed by atoms with Gasteiger partial charge in [0.05, 0.1) is 9.75 Å². The van der Waals surface area contributed by atoms with Crippen LogP contribution in [0, 0.1) is 0 Å². The van der Waals surface area contributed by atoms with E-state index < -0.39 is 35.5 Å². The average molecular weight is 485 g/mol. The minimum Gasteiger partial charge on any atom is -0.421 e. The van der Waals surface area contributed by atoms with E-state index in [2.05, 4.69) is 10.2 Å². The molecule has 0 radical (unpaired) electrons. The SMILES string of the molecule is O=C(C(=O)N1CCC[C@H]1c1nnc([C@@H]2CCCN2C(=O)C(=O)c2cccs2)o1)c1cccs1. The Hall–Kier alpha value is -3.18. The molecule has 0 unspecified atom stereocenters. The van der Waals surface area contributed by atoms with E-state index in [1.165, 1.54) is 32.5 Å². The van der Waals surface area contributed by atoms with Gasteiger partial charge in [-0.2, -0.15) is 0 Å². The van der Waals surface area contributed by atoms with Gasteiger partial charge in [-0.15, -0.1) is 32.9 Å². The quantitative estimate of drug-likeness (QED) is 0.390. The van der Waals surface area contributed by atoms with Crippen LogP contribution in [0.25, 0.3) is 0 Å². The Bertz CT molecular complexity index is 1100. The molecule has 2 aliphatic rings. The van der Waals surface area contributed by atoms with Gasteiger partial charge in [-0.1, -0.05) is 12.1 Å².